The van der Waals surface area contributed by atoms with Crippen LogP contribution in [0.4, 0.5) is 10.1 Å². The molecule has 0 aromatic heterocycles. The normalized spacial score (nSPS) is 27.5. The fraction of sp³-hybridized carbons (Fsp3) is 0.600. The van der Waals surface area contributed by atoms with E-state index in [9.17, 15) is 4.39 Å². The van der Waals surface area contributed by atoms with E-state index < -0.39 is 0 Å². The van der Waals surface area contributed by atoms with Crippen LogP contribution in [0, 0.1) is 11.7 Å². The van der Waals surface area contributed by atoms with Crippen LogP contribution in [-0.4, -0.2) is 25.2 Å². The molecule has 1 aliphatic carbocycles. The summed E-state index contributed by atoms with van der Waals surface area (Å²) in [4.78, 5) is 2.21. The quantitative estimate of drug-likeness (QED) is 0.883. The van der Waals surface area contributed by atoms with Crippen molar-refractivity contribution >= 4 is 28.9 Å². The molecular formula is C15H19Cl2FN2. The zero-order chi connectivity index (χ0) is 14.3. The fourth-order valence-corrected chi connectivity index (χ4v) is 3.90. The maximum Gasteiger partial charge on any atom is 0.126 e. The summed E-state index contributed by atoms with van der Waals surface area (Å²) in [6.07, 6.45) is 3.59. The molecule has 2 nitrogen and oxygen atoms in total. The van der Waals surface area contributed by atoms with Gasteiger partial charge in [-0.05, 0) is 50.8 Å². The zero-order valence-electron chi connectivity index (χ0n) is 11.6. The van der Waals surface area contributed by atoms with Crippen molar-refractivity contribution < 1.29 is 4.39 Å². The topological polar surface area (TPSA) is 15.3 Å². The minimum Gasteiger partial charge on any atom is -0.367 e. The number of anilines is 1. The third kappa shape index (κ3) is 2.76. The number of benzene rings is 1. The highest BCUT2D eigenvalue weighted by atomic mass is 35.5. The van der Waals surface area contributed by atoms with Crippen LogP contribution >= 0.6 is 23.2 Å². The molecule has 1 saturated heterocycles. The summed E-state index contributed by atoms with van der Waals surface area (Å²) in [6.45, 7) is 5.03. The smallest absolute Gasteiger partial charge is 0.126 e. The molecule has 1 unspecified atom stereocenters. The minimum absolute atomic E-state index is 0.0948. The molecule has 110 valence electrons. The molecule has 2 fully saturated rings. The molecule has 1 N–H and O–H groups in total. The summed E-state index contributed by atoms with van der Waals surface area (Å²) >= 11 is 12.4. The second-order valence-corrected chi connectivity index (χ2v) is 6.93. The molecule has 0 amide bonds. The van der Waals surface area contributed by atoms with Crippen molar-refractivity contribution in [2.75, 3.05) is 24.5 Å². The molecule has 0 radical (unpaired) electrons. The zero-order valence-corrected chi connectivity index (χ0v) is 13.1. The van der Waals surface area contributed by atoms with E-state index >= 15 is 0 Å². The minimum atomic E-state index is -0.387. The Balaban J connectivity index is 1.92. The van der Waals surface area contributed by atoms with E-state index in [1.807, 2.05) is 0 Å². The molecule has 0 spiro atoms. The SMILES string of the molecule is CC1(C2CC2)CN(c2c(Cl)cc(F)cc2Cl)CCCN1. The van der Waals surface area contributed by atoms with Gasteiger partial charge in [-0.3, -0.25) is 0 Å². The van der Waals surface area contributed by atoms with Crippen LogP contribution in [0.5, 0.6) is 0 Å². The van der Waals surface area contributed by atoms with Crippen molar-refractivity contribution in [3.05, 3.63) is 28.0 Å². The van der Waals surface area contributed by atoms with Gasteiger partial charge in [-0.15, -0.1) is 0 Å². The largest absolute Gasteiger partial charge is 0.367 e. The van der Waals surface area contributed by atoms with Crippen molar-refractivity contribution in [1.29, 1.82) is 0 Å². The molecule has 1 aromatic rings. The molecule has 3 rings (SSSR count). The molecule has 1 heterocycles. The monoisotopic (exact) mass is 316 g/mol. The molecule has 0 bridgehead atoms. The van der Waals surface area contributed by atoms with Gasteiger partial charge in [0.2, 0.25) is 0 Å². The lowest BCUT2D eigenvalue weighted by atomic mass is 9.95. The standard InChI is InChI=1S/C15H19Cl2FN2/c1-15(10-3-4-10)9-20(6-2-5-19-15)14-12(16)7-11(18)8-13(14)17/h7-8,10,19H,2-6,9H2,1H3. The van der Waals surface area contributed by atoms with Crippen LogP contribution in [0.2, 0.25) is 10.0 Å². The first-order chi connectivity index (χ1) is 9.49. The Morgan fingerprint density at radius 3 is 2.55 bits per heavy atom. The van der Waals surface area contributed by atoms with Gasteiger partial charge in [-0.1, -0.05) is 23.2 Å². The van der Waals surface area contributed by atoms with Crippen molar-refractivity contribution in [2.24, 2.45) is 5.92 Å². The summed E-state index contributed by atoms with van der Waals surface area (Å²) in [5.74, 6) is 0.336. The average molecular weight is 317 g/mol. The summed E-state index contributed by atoms with van der Waals surface area (Å²) in [6, 6.07) is 2.69. The van der Waals surface area contributed by atoms with Gasteiger partial charge in [0.1, 0.15) is 5.82 Å². The number of halogens is 3. The van der Waals surface area contributed by atoms with Gasteiger partial charge in [-0.2, -0.15) is 0 Å². The summed E-state index contributed by atoms with van der Waals surface area (Å²) < 4.78 is 13.3. The molecule has 1 atom stereocenters. The van der Waals surface area contributed by atoms with Crippen molar-refractivity contribution in [3.8, 4) is 0 Å². The van der Waals surface area contributed by atoms with Crippen LogP contribution in [0.3, 0.4) is 0 Å². The van der Waals surface area contributed by atoms with Crippen LogP contribution in [-0.2, 0) is 0 Å². The average Bonchev–Trinajstić information content (AvgIpc) is 3.15. The Morgan fingerprint density at radius 1 is 1.30 bits per heavy atom. The highest BCUT2D eigenvalue weighted by Crippen LogP contribution is 2.43. The third-order valence-corrected chi connectivity index (χ3v) is 5.01. The van der Waals surface area contributed by atoms with Gasteiger partial charge in [0.05, 0.1) is 15.7 Å². The Bertz CT molecular complexity index is 496. The molecular weight excluding hydrogens is 298 g/mol. The molecule has 1 aromatic carbocycles. The van der Waals surface area contributed by atoms with E-state index in [4.69, 9.17) is 23.2 Å². The van der Waals surface area contributed by atoms with Crippen molar-refractivity contribution in [3.63, 3.8) is 0 Å². The summed E-state index contributed by atoms with van der Waals surface area (Å²) in [7, 11) is 0. The van der Waals surface area contributed by atoms with Crippen LogP contribution in [0.1, 0.15) is 26.2 Å². The molecule has 1 saturated carbocycles. The Labute approximate surface area is 129 Å². The van der Waals surface area contributed by atoms with Gasteiger partial charge in [0, 0.05) is 18.6 Å². The lowest BCUT2D eigenvalue weighted by Gasteiger charge is -2.35. The second-order valence-electron chi connectivity index (χ2n) is 6.11. The van der Waals surface area contributed by atoms with Crippen LogP contribution in [0.25, 0.3) is 0 Å². The first-order valence-electron chi connectivity index (χ1n) is 7.14. The lowest BCUT2D eigenvalue weighted by molar-refractivity contribution is 0.331. The predicted octanol–water partition coefficient (Wildman–Crippen LogP) is 4.10. The Hall–Kier alpha value is -0.510. The number of hydrogen-bond donors (Lipinski definition) is 1. The lowest BCUT2D eigenvalue weighted by Crippen LogP contribution is -2.51. The van der Waals surface area contributed by atoms with E-state index in [0.717, 1.165) is 37.7 Å². The maximum absolute atomic E-state index is 13.3. The number of nitrogens with one attached hydrogen (secondary N) is 1. The van der Waals surface area contributed by atoms with Gasteiger partial charge >= 0.3 is 0 Å². The van der Waals surface area contributed by atoms with Crippen LogP contribution in [0.15, 0.2) is 12.1 Å². The highest BCUT2D eigenvalue weighted by molar-refractivity contribution is 6.39. The van der Waals surface area contributed by atoms with E-state index in [0.29, 0.717) is 10.0 Å². The van der Waals surface area contributed by atoms with E-state index in [1.165, 1.54) is 25.0 Å². The van der Waals surface area contributed by atoms with E-state index in [1.54, 1.807) is 0 Å². The maximum atomic E-state index is 13.3. The molecule has 2 aliphatic rings. The predicted molar refractivity (Wildman–Crippen MR) is 82.4 cm³/mol. The van der Waals surface area contributed by atoms with E-state index in [2.05, 4.69) is 17.1 Å². The Kier molecular flexibility index (Phi) is 3.87. The summed E-state index contributed by atoms with van der Waals surface area (Å²) in [5.41, 5.74) is 0.864. The van der Waals surface area contributed by atoms with Crippen molar-refractivity contribution in [1.82, 2.24) is 5.32 Å². The van der Waals surface area contributed by atoms with Gasteiger partial charge in [0.15, 0.2) is 0 Å². The molecule has 5 heteroatoms. The van der Waals surface area contributed by atoms with Gasteiger partial charge in [0.25, 0.3) is 0 Å². The number of hydrogen-bond acceptors (Lipinski definition) is 2. The summed E-state index contributed by atoms with van der Waals surface area (Å²) in [5, 5.41) is 4.46. The highest BCUT2D eigenvalue weighted by Gasteiger charge is 2.43. The first kappa shape index (κ1) is 14.4. The number of nitrogens with zero attached hydrogens (tertiary/aromatic N) is 1. The van der Waals surface area contributed by atoms with E-state index in [-0.39, 0.29) is 11.4 Å². The number of rotatable bonds is 2. The van der Waals surface area contributed by atoms with Crippen molar-refractivity contribution in [2.45, 2.75) is 31.7 Å². The van der Waals surface area contributed by atoms with Crippen LogP contribution < -0.4 is 10.2 Å². The van der Waals surface area contributed by atoms with Gasteiger partial charge in [-0.25, -0.2) is 4.39 Å². The molecule has 20 heavy (non-hydrogen) atoms. The first-order valence-corrected chi connectivity index (χ1v) is 7.90. The second kappa shape index (κ2) is 5.36. The fourth-order valence-electron chi connectivity index (χ4n) is 3.20. The third-order valence-electron chi connectivity index (χ3n) is 4.43. The molecule has 1 aliphatic heterocycles. The Morgan fingerprint density at radius 2 is 1.95 bits per heavy atom. The van der Waals surface area contributed by atoms with Gasteiger partial charge < -0.3 is 10.2 Å².